The zero-order valence-electron chi connectivity index (χ0n) is 10.1. The molecule has 0 aliphatic carbocycles. The average Bonchev–Trinajstić information content (AvgIpc) is 2.28. The van der Waals surface area contributed by atoms with Crippen molar-refractivity contribution in [3.63, 3.8) is 0 Å². The van der Waals surface area contributed by atoms with Crippen LogP contribution in [0.3, 0.4) is 0 Å². The van der Waals surface area contributed by atoms with Crippen LogP contribution >= 0.6 is 0 Å². The number of halogens is 1. The molecule has 1 aromatic carbocycles. The van der Waals surface area contributed by atoms with E-state index in [1.165, 1.54) is 26.2 Å². The number of aliphatic carboxylic acids is 1. The minimum Gasteiger partial charge on any atom is -0.494 e. The van der Waals surface area contributed by atoms with Crippen molar-refractivity contribution in [1.29, 1.82) is 0 Å². The highest BCUT2D eigenvalue weighted by atomic mass is 19.1. The number of hydrogen-bond acceptors (Lipinski definition) is 3. The van der Waals surface area contributed by atoms with Crippen molar-refractivity contribution in [2.75, 3.05) is 13.7 Å². The number of carboxylic acid groups (broad SMARTS) is 1. The van der Waals surface area contributed by atoms with E-state index in [0.717, 1.165) is 0 Å². The van der Waals surface area contributed by atoms with Crippen LogP contribution in [0.1, 0.15) is 19.4 Å². The monoisotopic (exact) mass is 241 g/mol. The maximum absolute atomic E-state index is 13.5. The Hall–Kier alpha value is -1.62. The molecule has 1 atom stereocenters. The standard InChI is InChI=1S/C12H16FNO3/c1-4-14-12(2,11(15)16)8-5-6-10(17-3)9(13)7-8/h5-7,14H,4H2,1-3H3,(H,15,16). The molecule has 1 unspecified atom stereocenters. The van der Waals surface area contributed by atoms with Crippen LogP contribution in [0, 0.1) is 5.82 Å². The largest absolute Gasteiger partial charge is 0.494 e. The van der Waals surface area contributed by atoms with Crippen molar-refractivity contribution >= 4 is 5.97 Å². The molecule has 0 saturated heterocycles. The summed E-state index contributed by atoms with van der Waals surface area (Å²) in [5, 5.41) is 12.1. The Balaban J connectivity index is 3.20. The summed E-state index contributed by atoms with van der Waals surface area (Å²) in [4.78, 5) is 11.3. The second-order valence-electron chi connectivity index (χ2n) is 3.81. The summed E-state index contributed by atoms with van der Waals surface area (Å²) in [6, 6.07) is 4.14. The van der Waals surface area contributed by atoms with Crippen molar-refractivity contribution < 1.29 is 19.0 Å². The number of ether oxygens (including phenoxy) is 1. The van der Waals surface area contributed by atoms with Crippen LogP contribution in [0.2, 0.25) is 0 Å². The Morgan fingerprint density at radius 3 is 2.65 bits per heavy atom. The van der Waals surface area contributed by atoms with Crippen LogP contribution < -0.4 is 10.1 Å². The summed E-state index contributed by atoms with van der Waals surface area (Å²) in [6.07, 6.45) is 0. The summed E-state index contributed by atoms with van der Waals surface area (Å²) in [5.41, 5.74) is -0.952. The molecule has 0 saturated carbocycles. The highest BCUT2D eigenvalue weighted by Crippen LogP contribution is 2.26. The molecule has 0 radical (unpaired) electrons. The molecule has 2 N–H and O–H groups in total. The number of rotatable bonds is 5. The smallest absolute Gasteiger partial charge is 0.328 e. The molecule has 0 aliphatic rings. The predicted octanol–water partition coefficient (Wildman–Crippen LogP) is 1.74. The van der Waals surface area contributed by atoms with Gasteiger partial charge in [-0.2, -0.15) is 0 Å². The predicted molar refractivity (Wildman–Crippen MR) is 61.6 cm³/mol. The van der Waals surface area contributed by atoms with E-state index in [1.807, 2.05) is 0 Å². The molecule has 0 fully saturated rings. The van der Waals surface area contributed by atoms with E-state index >= 15 is 0 Å². The molecule has 0 aromatic heterocycles. The number of likely N-dealkylation sites (N-methyl/N-ethyl adjacent to an activating group) is 1. The highest BCUT2D eigenvalue weighted by Gasteiger charge is 2.34. The molecule has 1 rings (SSSR count). The van der Waals surface area contributed by atoms with Gasteiger partial charge in [0.15, 0.2) is 11.6 Å². The second kappa shape index (κ2) is 5.14. The maximum atomic E-state index is 13.5. The summed E-state index contributed by atoms with van der Waals surface area (Å²) in [5.74, 6) is -1.53. The summed E-state index contributed by atoms with van der Waals surface area (Å²) in [7, 11) is 1.36. The third-order valence-corrected chi connectivity index (χ3v) is 2.69. The quantitative estimate of drug-likeness (QED) is 0.824. The Morgan fingerprint density at radius 1 is 1.59 bits per heavy atom. The first-order chi connectivity index (χ1) is 7.95. The van der Waals surface area contributed by atoms with E-state index in [-0.39, 0.29) is 5.75 Å². The van der Waals surface area contributed by atoms with E-state index in [4.69, 9.17) is 4.74 Å². The number of nitrogens with one attached hydrogen (secondary N) is 1. The Kier molecular flexibility index (Phi) is 4.07. The summed E-state index contributed by atoms with van der Waals surface area (Å²) in [6.45, 7) is 3.76. The topological polar surface area (TPSA) is 58.6 Å². The van der Waals surface area contributed by atoms with E-state index < -0.39 is 17.3 Å². The first-order valence-electron chi connectivity index (χ1n) is 5.28. The number of benzene rings is 1. The lowest BCUT2D eigenvalue weighted by Gasteiger charge is -2.26. The minimum absolute atomic E-state index is 0.0954. The maximum Gasteiger partial charge on any atom is 0.328 e. The van der Waals surface area contributed by atoms with Crippen molar-refractivity contribution in [3.05, 3.63) is 29.6 Å². The third-order valence-electron chi connectivity index (χ3n) is 2.69. The first-order valence-corrected chi connectivity index (χ1v) is 5.28. The molecule has 17 heavy (non-hydrogen) atoms. The Morgan fingerprint density at radius 2 is 2.24 bits per heavy atom. The van der Waals surface area contributed by atoms with Gasteiger partial charge >= 0.3 is 5.97 Å². The Bertz CT molecular complexity index is 422. The molecule has 4 nitrogen and oxygen atoms in total. The van der Waals surface area contributed by atoms with Crippen molar-refractivity contribution in [2.45, 2.75) is 19.4 Å². The van der Waals surface area contributed by atoms with Crippen LogP contribution in [0.25, 0.3) is 0 Å². The SMILES string of the molecule is CCNC(C)(C(=O)O)c1ccc(OC)c(F)c1. The van der Waals surface area contributed by atoms with Gasteiger partial charge in [-0.1, -0.05) is 13.0 Å². The molecule has 94 valence electrons. The summed E-state index contributed by atoms with van der Waals surface area (Å²) < 4.78 is 18.3. The van der Waals surface area contributed by atoms with Crippen LogP contribution in [-0.2, 0) is 10.3 Å². The van der Waals surface area contributed by atoms with Crippen LogP contribution in [0.4, 0.5) is 4.39 Å². The van der Waals surface area contributed by atoms with Crippen LogP contribution in [-0.4, -0.2) is 24.7 Å². The number of methoxy groups -OCH3 is 1. The lowest BCUT2D eigenvalue weighted by Crippen LogP contribution is -2.46. The van der Waals surface area contributed by atoms with E-state index in [0.29, 0.717) is 12.1 Å². The third kappa shape index (κ3) is 2.55. The van der Waals surface area contributed by atoms with E-state index in [1.54, 1.807) is 13.0 Å². The van der Waals surface area contributed by atoms with Gasteiger partial charge in [-0.3, -0.25) is 5.32 Å². The fourth-order valence-electron chi connectivity index (χ4n) is 1.63. The second-order valence-corrected chi connectivity index (χ2v) is 3.81. The number of carboxylic acids is 1. The van der Waals surface area contributed by atoms with E-state index in [2.05, 4.69) is 5.32 Å². The van der Waals surface area contributed by atoms with Crippen molar-refractivity contribution in [2.24, 2.45) is 0 Å². The van der Waals surface area contributed by atoms with E-state index in [9.17, 15) is 14.3 Å². The fraction of sp³-hybridized carbons (Fsp3) is 0.417. The zero-order chi connectivity index (χ0) is 13.1. The minimum atomic E-state index is -1.30. The average molecular weight is 241 g/mol. The lowest BCUT2D eigenvalue weighted by molar-refractivity contribution is -0.144. The normalized spacial score (nSPS) is 14.1. The number of hydrogen-bond donors (Lipinski definition) is 2. The van der Waals surface area contributed by atoms with Gasteiger partial charge in [0.1, 0.15) is 5.54 Å². The van der Waals surface area contributed by atoms with Gasteiger partial charge in [-0.25, -0.2) is 9.18 Å². The zero-order valence-corrected chi connectivity index (χ0v) is 10.1. The molecule has 0 bridgehead atoms. The van der Waals surface area contributed by atoms with Gasteiger partial charge in [0.25, 0.3) is 0 Å². The number of carbonyl (C=O) groups is 1. The highest BCUT2D eigenvalue weighted by molar-refractivity contribution is 5.80. The van der Waals surface area contributed by atoms with Crippen LogP contribution in [0.5, 0.6) is 5.75 Å². The van der Waals surface area contributed by atoms with Gasteiger partial charge in [-0.05, 0) is 31.2 Å². The molecule has 0 aliphatic heterocycles. The molecule has 5 heteroatoms. The molecular weight excluding hydrogens is 225 g/mol. The molecular formula is C12H16FNO3. The summed E-state index contributed by atoms with van der Waals surface area (Å²) >= 11 is 0. The Labute approximate surface area is 99.4 Å². The van der Waals surface area contributed by atoms with Crippen molar-refractivity contribution in [3.8, 4) is 5.75 Å². The molecule has 0 amide bonds. The van der Waals surface area contributed by atoms with Gasteiger partial charge in [0.05, 0.1) is 7.11 Å². The lowest BCUT2D eigenvalue weighted by atomic mass is 9.92. The van der Waals surface area contributed by atoms with Crippen molar-refractivity contribution in [1.82, 2.24) is 5.32 Å². The van der Waals surface area contributed by atoms with Gasteiger partial charge < -0.3 is 9.84 Å². The van der Waals surface area contributed by atoms with Gasteiger partial charge in [-0.15, -0.1) is 0 Å². The fourth-order valence-corrected chi connectivity index (χ4v) is 1.63. The molecule has 0 heterocycles. The van der Waals surface area contributed by atoms with Gasteiger partial charge in [0, 0.05) is 0 Å². The first kappa shape index (κ1) is 13.4. The van der Waals surface area contributed by atoms with Gasteiger partial charge in [0.2, 0.25) is 0 Å². The molecule has 0 spiro atoms. The van der Waals surface area contributed by atoms with Crippen LogP contribution in [0.15, 0.2) is 18.2 Å². The molecule has 1 aromatic rings.